The molecule has 1 amide bonds. The van der Waals surface area contributed by atoms with Crippen molar-refractivity contribution in [1.29, 1.82) is 0 Å². The van der Waals surface area contributed by atoms with Crippen molar-refractivity contribution in [3.8, 4) is 22.9 Å². The lowest BCUT2D eigenvalue weighted by molar-refractivity contribution is 0.0704. The summed E-state index contributed by atoms with van der Waals surface area (Å²) in [4.78, 5) is 22.9. The first-order valence-electron chi connectivity index (χ1n) is 9.21. The zero-order chi connectivity index (χ0) is 18.9. The lowest BCUT2D eigenvalue weighted by Crippen LogP contribution is -2.38. The number of carbonyl (C=O) groups excluding carboxylic acids is 1. The van der Waals surface area contributed by atoms with E-state index in [9.17, 15) is 4.79 Å². The number of carbonyl (C=O) groups is 1. The molecule has 0 saturated carbocycles. The number of pyridine rings is 1. The summed E-state index contributed by atoms with van der Waals surface area (Å²) < 4.78 is 16.2. The average Bonchev–Trinajstić information content (AvgIpc) is 3.43. The Morgan fingerprint density at radius 2 is 1.82 bits per heavy atom. The molecule has 0 radical (unpaired) electrons. The number of likely N-dealkylation sites (tertiary alicyclic amines) is 1. The molecule has 5 rings (SSSR count). The van der Waals surface area contributed by atoms with E-state index in [1.165, 1.54) is 0 Å². The van der Waals surface area contributed by atoms with Crippen LogP contribution in [-0.4, -0.2) is 45.8 Å². The van der Waals surface area contributed by atoms with Crippen molar-refractivity contribution < 1.29 is 18.8 Å². The van der Waals surface area contributed by atoms with Gasteiger partial charge in [0.15, 0.2) is 11.5 Å². The topological polar surface area (TPSA) is 90.6 Å². The van der Waals surface area contributed by atoms with E-state index >= 15 is 0 Å². The van der Waals surface area contributed by atoms with E-state index in [0.29, 0.717) is 36.1 Å². The number of amides is 1. The number of nitrogens with zero attached hydrogens (tertiary/aromatic N) is 4. The van der Waals surface area contributed by atoms with Gasteiger partial charge in [-0.15, -0.1) is 0 Å². The van der Waals surface area contributed by atoms with Crippen LogP contribution in [0.3, 0.4) is 0 Å². The Bertz CT molecular complexity index is 996. The Kier molecular flexibility index (Phi) is 4.16. The number of fused-ring (bicyclic) bond motifs is 1. The van der Waals surface area contributed by atoms with Crippen molar-refractivity contribution in [3.63, 3.8) is 0 Å². The zero-order valence-electron chi connectivity index (χ0n) is 15.1. The molecule has 2 aromatic heterocycles. The fourth-order valence-corrected chi connectivity index (χ4v) is 3.56. The predicted octanol–water partition coefficient (Wildman–Crippen LogP) is 2.88. The maximum absolute atomic E-state index is 12.5. The van der Waals surface area contributed by atoms with Gasteiger partial charge in [-0.2, -0.15) is 4.98 Å². The summed E-state index contributed by atoms with van der Waals surface area (Å²) >= 11 is 0. The lowest BCUT2D eigenvalue weighted by atomic mass is 9.96. The Labute approximate surface area is 161 Å². The smallest absolute Gasteiger partial charge is 0.253 e. The van der Waals surface area contributed by atoms with Crippen molar-refractivity contribution in [3.05, 3.63) is 54.2 Å². The molecule has 1 fully saturated rings. The largest absolute Gasteiger partial charge is 0.454 e. The molecule has 1 aromatic carbocycles. The SMILES string of the molecule is O=C(c1ccncc1)N1CCC(c2nc(-c3ccc4c(c3)OCO4)no2)CC1. The first-order chi connectivity index (χ1) is 13.8. The molecule has 8 nitrogen and oxygen atoms in total. The summed E-state index contributed by atoms with van der Waals surface area (Å²) in [5.41, 5.74) is 1.49. The molecule has 3 aromatic rings. The van der Waals surface area contributed by atoms with Gasteiger partial charge in [0.05, 0.1) is 0 Å². The molecule has 0 unspecified atom stereocenters. The van der Waals surface area contributed by atoms with Gasteiger partial charge in [0.2, 0.25) is 18.5 Å². The fraction of sp³-hybridized carbons (Fsp3) is 0.300. The van der Waals surface area contributed by atoms with Gasteiger partial charge in [-0.05, 0) is 43.2 Å². The van der Waals surface area contributed by atoms with Gasteiger partial charge in [-0.1, -0.05) is 5.16 Å². The summed E-state index contributed by atoms with van der Waals surface area (Å²) in [7, 11) is 0. The second-order valence-corrected chi connectivity index (χ2v) is 6.83. The maximum Gasteiger partial charge on any atom is 0.253 e. The Morgan fingerprint density at radius 3 is 2.64 bits per heavy atom. The van der Waals surface area contributed by atoms with Crippen LogP contribution < -0.4 is 9.47 Å². The van der Waals surface area contributed by atoms with Gasteiger partial charge in [0.25, 0.3) is 5.91 Å². The molecular formula is C20H18N4O4. The van der Waals surface area contributed by atoms with E-state index in [1.54, 1.807) is 24.5 Å². The molecule has 0 spiro atoms. The van der Waals surface area contributed by atoms with Crippen LogP contribution in [0.4, 0.5) is 0 Å². The monoisotopic (exact) mass is 378 g/mol. The quantitative estimate of drug-likeness (QED) is 0.692. The summed E-state index contributed by atoms with van der Waals surface area (Å²) in [6.07, 6.45) is 4.85. The highest BCUT2D eigenvalue weighted by molar-refractivity contribution is 5.94. The normalized spacial score (nSPS) is 16.4. The third-order valence-corrected chi connectivity index (χ3v) is 5.13. The second kappa shape index (κ2) is 6.95. The minimum absolute atomic E-state index is 0.0347. The minimum Gasteiger partial charge on any atom is -0.454 e. The van der Waals surface area contributed by atoms with Crippen molar-refractivity contribution in [2.24, 2.45) is 0 Å². The van der Waals surface area contributed by atoms with Gasteiger partial charge in [0.1, 0.15) is 0 Å². The van der Waals surface area contributed by atoms with Crippen LogP contribution in [0.1, 0.15) is 35.0 Å². The maximum atomic E-state index is 12.5. The summed E-state index contributed by atoms with van der Waals surface area (Å²) in [6.45, 7) is 1.55. The minimum atomic E-state index is 0.0347. The highest BCUT2D eigenvalue weighted by atomic mass is 16.7. The van der Waals surface area contributed by atoms with E-state index < -0.39 is 0 Å². The molecule has 4 heterocycles. The zero-order valence-corrected chi connectivity index (χ0v) is 15.1. The molecule has 1 saturated heterocycles. The number of rotatable bonds is 3. The number of aromatic nitrogens is 3. The summed E-state index contributed by atoms with van der Waals surface area (Å²) in [5.74, 6) is 2.74. The Balaban J connectivity index is 1.26. The highest BCUT2D eigenvalue weighted by Crippen LogP contribution is 2.36. The number of hydrogen-bond donors (Lipinski definition) is 0. The van der Waals surface area contributed by atoms with Crippen molar-refractivity contribution in [2.45, 2.75) is 18.8 Å². The molecule has 0 atom stereocenters. The second-order valence-electron chi connectivity index (χ2n) is 6.83. The van der Waals surface area contributed by atoms with E-state index in [0.717, 1.165) is 24.2 Å². The average molecular weight is 378 g/mol. The number of benzene rings is 1. The highest BCUT2D eigenvalue weighted by Gasteiger charge is 2.28. The van der Waals surface area contributed by atoms with Crippen LogP contribution in [0.25, 0.3) is 11.4 Å². The predicted molar refractivity (Wildman–Crippen MR) is 98.0 cm³/mol. The van der Waals surface area contributed by atoms with E-state index in [-0.39, 0.29) is 18.6 Å². The van der Waals surface area contributed by atoms with E-state index in [4.69, 9.17) is 14.0 Å². The van der Waals surface area contributed by atoms with Crippen molar-refractivity contribution in [2.75, 3.05) is 19.9 Å². The number of piperidine rings is 1. The Morgan fingerprint density at radius 1 is 1.04 bits per heavy atom. The molecule has 8 heteroatoms. The van der Waals surface area contributed by atoms with Crippen molar-refractivity contribution in [1.82, 2.24) is 20.0 Å². The van der Waals surface area contributed by atoms with Crippen LogP contribution in [0, 0.1) is 0 Å². The van der Waals surface area contributed by atoms with Gasteiger partial charge < -0.3 is 18.9 Å². The number of ether oxygens (including phenoxy) is 2. The first kappa shape index (κ1) is 16.7. The van der Waals surface area contributed by atoms with Gasteiger partial charge in [0, 0.05) is 42.5 Å². The van der Waals surface area contributed by atoms with Crippen LogP contribution in [-0.2, 0) is 0 Å². The van der Waals surface area contributed by atoms with Gasteiger partial charge in [-0.3, -0.25) is 9.78 Å². The van der Waals surface area contributed by atoms with E-state index in [1.807, 2.05) is 23.1 Å². The third kappa shape index (κ3) is 3.06. The summed E-state index contributed by atoms with van der Waals surface area (Å²) in [6, 6.07) is 9.07. The lowest BCUT2D eigenvalue weighted by Gasteiger charge is -2.30. The van der Waals surface area contributed by atoms with E-state index in [2.05, 4.69) is 15.1 Å². The van der Waals surface area contributed by atoms with Gasteiger partial charge in [-0.25, -0.2) is 0 Å². The first-order valence-corrected chi connectivity index (χ1v) is 9.21. The van der Waals surface area contributed by atoms with Gasteiger partial charge >= 0.3 is 0 Å². The van der Waals surface area contributed by atoms with Crippen LogP contribution in [0.2, 0.25) is 0 Å². The molecule has 0 aliphatic carbocycles. The molecule has 0 bridgehead atoms. The molecule has 0 N–H and O–H groups in total. The molecular weight excluding hydrogens is 360 g/mol. The number of hydrogen-bond acceptors (Lipinski definition) is 7. The standard InChI is InChI=1S/C20H18N4O4/c25-20(14-3-7-21-8-4-14)24-9-5-13(6-10-24)19-22-18(23-28-19)15-1-2-16-17(11-15)27-12-26-16/h1-4,7-8,11,13H,5-6,9-10,12H2. The molecule has 2 aliphatic heterocycles. The summed E-state index contributed by atoms with van der Waals surface area (Å²) in [5, 5.41) is 4.12. The Hall–Kier alpha value is -3.42. The van der Waals surface area contributed by atoms with Crippen LogP contribution in [0.15, 0.2) is 47.2 Å². The van der Waals surface area contributed by atoms with Crippen LogP contribution in [0.5, 0.6) is 11.5 Å². The van der Waals surface area contributed by atoms with Crippen LogP contribution >= 0.6 is 0 Å². The third-order valence-electron chi connectivity index (χ3n) is 5.13. The fourth-order valence-electron chi connectivity index (χ4n) is 3.56. The molecule has 2 aliphatic rings. The van der Waals surface area contributed by atoms with Crippen molar-refractivity contribution >= 4 is 5.91 Å². The molecule has 28 heavy (non-hydrogen) atoms. The molecule has 142 valence electrons.